The van der Waals surface area contributed by atoms with Crippen molar-refractivity contribution in [3.05, 3.63) is 60.1 Å². The van der Waals surface area contributed by atoms with Crippen molar-refractivity contribution in [1.82, 2.24) is 0 Å². The number of rotatable bonds is 1. The summed E-state index contributed by atoms with van der Waals surface area (Å²) in [6.45, 7) is 1.61. The SMILES string of the molecule is [2H]c1c([2H])c(-c2ccccc2)c([2H])c([2H])c1C. The van der Waals surface area contributed by atoms with Gasteiger partial charge in [0.25, 0.3) is 0 Å². The lowest BCUT2D eigenvalue weighted by atomic mass is 10.0. The molecule has 0 aliphatic carbocycles. The van der Waals surface area contributed by atoms with E-state index in [0.717, 1.165) is 0 Å². The Bertz CT molecular complexity index is 532. The molecule has 0 aromatic heterocycles. The van der Waals surface area contributed by atoms with Crippen LogP contribution in [0.4, 0.5) is 0 Å². The molecule has 0 N–H and O–H groups in total. The molecule has 0 saturated heterocycles. The Hall–Kier alpha value is -1.56. The van der Waals surface area contributed by atoms with Crippen LogP contribution in [-0.2, 0) is 0 Å². The Labute approximate surface area is 84.5 Å². The van der Waals surface area contributed by atoms with E-state index in [-0.39, 0.29) is 24.2 Å². The average molecular weight is 172 g/mol. The molecular formula is C13H12. The van der Waals surface area contributed by atoms with Crippen molar-refractivity contribution in [2.45, 2.75) is 6.92 Å². The highest BCUT2D eigenvalue weighted by Crippen LogP contribution is 2.18. The highest BCUT2D eigenvalue weighted by atomic mass is 14.0. The minimum absolute atomic E-state index is 0.0229. The lowest BCUT2D eigenvalue weighted by Crippen LogP contribution is -1.76. The normalized spacial score (nSPS) is 14.2. The zero-order valence-electron chi connectivity index (χ0n) is 11.4. The van der Waals surface area contributed by atoms with Crippen LogP contribution in [0.15, 0.2) is 54.5 Å². The lowest BCUT2D eigenvalue weighted by Gasteiger charge is -2.00. The second-order valence-corrected chi connectivity index (χ2v) is 2.87. The Morgan fingerprint density at radius 2 is 1.46 bits per heavy atom. The first-order valence-corrected chi connectivity index (χ1v) is 4.16. The van der Waals surface area contributed by atoms with Crippen LogP contribution < -0.4 is 0 Å². The third-order valence-electron chi connectivity index (χ3n) is 1.81. The van der Waals surface area contributed by atoms with E-state index >= 15 is 0 Å². The molecule has 0 saturated carbocycles. The van der Waals surface area contributed by atoms with Gasteiger partial charge < -0.3 is 0 Å². The predicted molar refractivity (Wildman–Crippen MR) is 56.6 cm³/mol. The monoisotopic (exact) mass is 172 g/mol. The van der Waals surface area contributed by atoms with Crippen molar-refractivity contribution in [2.75, 3.05) is 0 Å². The molecular weight excluding hydrogens is 156 g/mol. The van der Waals surface area contributed by atoms with E-state index < -0.39 is 0 Å². The van der Waals surface area contributed by atoms with Crippen molar-refractivity contribution in [3.8, 4) is 11.1 Å². The summed E-state index contributed by atoms with van der Waals surface area (Å²) in [7, 11) is 0. The van der Waals surface area contributed by atoms with Gasteiger partial charge in [-0.1, -0.05) is 60.1 Å². The molecule has 2 aromatic carbocycles. The first kappa shape index (κ1) is 4.61. The van der Waals surface area contributed by atoms with E-state index in [2.05, 4.69) is 0 Å². The van der Waals surface area contributed by atoms with Crippen LogP contribution in [0.5, 0.6) is 0 Å². The maximum Gasteiger partial charge on any atom is 0.0629 e. The van der Waals surface area contributed by atoms with Gasteiger partial charge in [0.1, 0.15) is 0 Å². The lowest BCUT2D eigenvalue weighted by molar-refractivity contribution is 1.47. The minimum atomic E-state index is 0.0229. The van der Waals surface area contributed by atoms with E-state index in [0.29, 0.717) is 16.7 Å². The predicted octanol–water partition coefficient (Wildman–Crippen LogP) is 3.66. The van der Waals surface area contributed by atoms with Gasteiger partial charge in [-0.2, -0.15) is 0 Å². The first-order valence-electron chi connectivity index (χ1n) is 6.16. The standard InChI is InChI=1S/C13H12/c1-11-7-9-13(10-8-11)12-5-3-2-4-6-12/h2-10H,1H3/i7D,8D,9D,10D. The van der Waals surface area contributed by atoms with Gasteiger partial charge in [-0.15, -0.1) is 0 Å². The Morgan fingerprint density at radius 1 is 0.846 bits per heavy atom. The van der Waals surface area contributed by atoms with Crippen molar-refractivity contribution in [2.24, 2.45) is 0 Å². The Balaban J connectivity index is 2.80. The minimum Gasteiger partial charge on any atom is -0.0622 e. The quantitative estimate of drug-likeness (QED) is 0.615. The second kappa shape index (κ2) is 3.44. The summed E-state index contributed by atoms with van der Waals surface area (Å²) >= 11 is 0. The van der Waals surface area contributed by atoms with Crippen LogP contribution in [0, 0.1) is 6.92 Å². The fraction of sp³-hybridized carbons (Fsp3) is 0.0769. The first-order chi connectivity index (χ1) is 8.04. The number of hydrogen-bond donors (Lipinski definition) is 0. The molecule has 0 heteroatoms. The molecule has 0 aliphatic rings. The summed E-state index contributed by atoms with van der Waals surface area (Å²) in [5.74, 6) is 0. The van der Waals surface area contributed by atoms with E-state index in [1.807, 2.05) is 18.2 Å². The van der Waals surface area contributed by atoms with Gasteiger partial charge in [-0.3, -0.25) is 0 Å². The third-order valence-corrected chi connectivity index (χ3v) is 1.81. The molecule has 0 bridgehead atoms. The van der Waals surface area contributed by atoms with Crippen molar-refractivity contribution in [1.29, 1.82) is 0 Å². The molecule has 13 heavy (non-hydrogen) atoms. The molecule has 0 radical (unpaired) electrons. The maximum atomic E-state index is 7.92. The van der Waals surface area contributed by atoms with Gasteiger partial charge in [0, 0.05) is 0 Å². The molecule has 64 valence electrons. The van der Waals surface area contributed by atoms with Crippen molar-refractivity contribution < 1.29 is 5.48 Å². The molecule has 0 nitrogen and oxygen atoms in total. The van der Waals surface area contributed by atoms with Crippen molar-refractivity contribution in [3.63, 3.8) is 0 Å². The largest absolute Gasteiger partial charge is 0.0629 e. The van der Waals surface area contributed by atoms with Gasteiger partial charge in [0.15, 0.2) is 0 Å². The van der Waals surface area contributed by atoms with Gasteiger partial charge in [0.2, 0.25) is 0 Å². The van der Waals surface area contributed by atoms with Crippen molar-refractivity contribution >= 4 is 0 Å². The summed E-state index contributed by atoms with van der Waals surface area (Å²) in [6, 6.07) is 9.19. The topological polar surface area (TPSA) is 0 Å². The molecule has 0 fully saturated rings. The Morgan fingerprint density at radius 3 is 2.08 bits per heavy atom. The summed E-state index contributed by atoms with van der Waals surface area (Å²) in [6.07, 6.45) is 0. The van der Waals surface area contributed by atoms with E-state index in [1.165, 1.54) is 0 Å². The summed E-state index contributed by atoms with van der Waals surface area (Å²) in [5.41, 5.74) is 1.47. The molecule has 2 rings (SSSR count). The fourth-order valence-electron chi connectivity index (χ4n) is 1.12. The van der Waals surface area contributed by atoms with Crippen LogP contribution in [-0.4, -0.2) is 0 Å². The number of hydrogen-bond acceptors (Lipinski definition) is 0. The van der Waals surface area contributed by atoms with Crippen LogP contribution >= 0.6 is 0 Å². The summed E-state index contributed by atoms with van der Waals surface area (Å²) in [5, 5.41) is 0. The van der Waals surface area contributed by atoms with Gasteiger partial charge >= 0.3 is 0 Å². The Kier molecular flexibility index (Phi) is 1.22. The molecule has 0 atom stereocenters. The van der Waals surface area contributed by atoms with Crippen LogP contribution in [0.25, 0.3) is 11.1 Å². The molecule has 0 aliphatic heterocycles. The zero-order chi connectivity index (χ0) is 12.6. The zero-order valence-corrected chi connectivity index (χ0v) is 7.39. The molecule has 0 unspecified atom stereocenters. The van der Waals surface area contributed by atoms with Crippen LogP contribution in [0.2, 0.25) is 0 Å². The van der Waals surface area contributed by atoms with E-state index in [9.17, 15) is 0 Å². The van der Waals surface area contributed by atoms with E-state index in [4.69, 9.17) is 5.48 Å². The van der Waals surface area contributed by atoms with E-state index in [1.54, 1.807) is 19.1 Å². The molecule has 2 aromatic rings. The van der Waals surface area contributed by atoms with Gasteiger partial charge in [-0.25, -0.2) is 0 Å². The van der Waals surface area contributed by atoms with Crippen LogP contribution in [0.3, 0.4) is 0 Å². The second-order valence-electron chi connectivity index (χ2n) is 2.87. The maximum absolute atomic E-state index is 7.92. The molecule has 0 heterocycles. The highest BCUT2D eigenvalue weighted by Gasteiger charge is 1.93. The molecule has 0 amide bonds. The molecule has 0 spiro atoms. The number of benzene rings is 2. The fourth-order valence-corrected chi connectivity index (χ4v) is 1.12. The summed E-state index contributed by atoms with van der Waals surface area (Å²) in [4.78, 5) is 0. The highest BCUT2D eigenvalue weighted by molar-refractivity contribution is 5.63. The average Bonchev–Trinajstić information content (AvgIpc) is 2.36. The van der Waals surface area contributed by atoms with Gasteiger partial charge in [-0.05, 0) is 18.1 Å². The summed E-state index contributed by atoms with van der Waals surface area (Å²) < 4.78 is 31.4. The third kappa shape index (κ3) is 1.78. The van der Waals surface area contributed by atoms with Crippen LogP contribution in [0.1, 0.15) is 11.0 Å². The smallest absolute Gasteiger partial charge is 0.0622 e. The van der Waals surface area contributed by atoms with Gasteiger partial charge in [0.05, 0.1) is 5.48 Å².